The van der Waals surface area contributed by atoms with Gasteiger partial charge in [-0.25, -0.2) is 0 Å². The summed E-state index contributed by atoms with van der Waals surface area (Å²) in [6.07, 6.45) is 84.3. The van der Waals surface area contributed by atoms with E-state index in [2.05, 4.69) is 118 Å². The summed E-state index contributed by atoms with van der Waals surface area (Å²) in [5.74, 6) is -0.415. The normalized spacial score (nSPS) is 12.9. The molecule has 0 rings (SSSR count). The van der Waals surface area contributed by atoms with Crippen molar-refractivity contribution in [3.63, 3.8) is 0 Å². The Morgan fingerprint density at radius 2 is 0.625 bits per heavy atom. The van der Waals surface area contributed by atoms with Crippen molar-refractivity contribution < 1.29 is 23.8 Å². The lowest BCUT2D eigenvalue weighted by atomic mass is 10.1. The van der Waals surface area contributed by atoms with Crippen molar-refractivity contribution in [2.75, 3.05) is 19.8 Å². The van der Waals surface area contributed by atoms with Crippen LogP contribution in [0.2, 0.25) is 0 Å². The molecule has 72 heavy (non-hydrogen) atoms. The lowest BCUT2D eigenvalue weighted by molar-refractivity contribution is -0.163. The van der Waals surface area contributed by atoms with Crippen molar-refractivity contribution in [1.29, 1.82) is 0 Å². The Balaban J connectivity index is 4.33. The molecule has 0 aromatic rings. The van der Waals surface area contributed by atoms with Crippen molar-refractivity contribution >= 4 is 11.9 Å². The fraction of sp³-hybridized carbons (Fsp3) is 0.731. The molecule has 1 atom stereocenters. The van der Waals surface area contributed by atoms with E-state index < -0.39 is 6.10 Å². The largest absolute Gasteiger partial charge is 0.462 e. The van der Waals surface area contributed by atoms with Gasteiger partial charge in [-0.3, -0.25) is 9.59 Å². The summed E-state index contributed by atoms with van der Waals surface area (Å²) >= 11 is 0. The van der Waals surface area contributed by atoms with Crippen molar-refractivity contribution in [3.8, 4) is 0 Å². The van der Waals surface area contributed by atoms with Crippen molar-refractivity contribution in [2.45, 2.75) is 297 Å². The quantitative estimate of drug-likeness (QED) is 0.0345. The van der Waals surface area contributed by atoms with E-state index in [-0.39, 0.29) is 25.2 Å². The van der Waals surface area contributed by atoms with Crippen LogP contribution in [-0.4, -0.2) is 37.9 Å². The zero-order valence-corrected chi connectivity index (χ0v) is 47.7. The average molecular weight is 1000 g/mol. The number of rotatable bonds is 56. The van der Waals surface area contributed by atoms with Gasteiger partial charge in [0.05, 0.1) is 6.61 Å². The van der Waals surface area contributed by atoms with E-state index in [4.69, 9.17) is 14.2 Å². The minimum absolute atomic E-state index is 0.0701. The number of allylic oxidation sites excluding steroid dienone is 16. The van der Waals surface area contributed by atoms with E-state index in [0.29, 0.717) is 19.4 Å². The second-order valence-corrected chi connectivity index (χ2v) is 20.2. The second kappa shape index (κ2) is 62.1. The third-order valence-electron chi connectivity index (χ3n) is 13.1. The van der Waals surface area contributed by atoms with Crippen LogP contribution in [0.5, 0.6) is 0 Å². The summed E-state index contributed by atoms with van der Waals surface area (Å²) < 4.78 is 17.5. The molecule has 0 radical (unpaired) electrons. The van der Waals surface area contributed by atoms with Crippen LogP contribution >= 0.6 is 0 Å². The molecule has 0 aliphatic carbocycles. The van der Waals surface area contributed by atoms with E-state index in [0.717, 1.165) is 96.3 Å². The third kappa shape index (κ3) is 59.4. The summed E-state index contributed by atoms with van der Waals surface area (Å²) in [6, 6.07) is 0. The number of hydrogen-bond donors (Lipinski definition) is 0. The molecule has 414 valence electrons. The Hall–Kier alpha value is -3.18. The van der Waals surface area contributed by atoms with E-state index in [1.165, 1.54) is 161 Å². The van der Waals surface area contributed by atoms with Gasteiger partial charge in [0.25, 0.3) is 0 Å². The number of esters is 2. The Morgan fingerprint density at radius 3 is 1.00 bits per heavy atom. The number of carbonyl (C=O) groups is 2. The topological polar surface area (TPSA) is 61.8 Å². The van der Waals surface area contributed by atoms with E-state index in [1.807, 2.05) is 0 Å². The molecule has 0 amide bonds. The molecule has 0 aliphatic rings. The van der Waals surface area contributed by atoms with Crippen LogP contribution in [0.4, 0.5) is 0 Å². The van der Waals surface area contributed by atoms with Gasteiger partial charge in [0.15, 0.2) is 6.10 Å². The molecule has 0 aliphatic heterocycles. The fourth-order valence-corrected chi connectivity index (χ4v) is 8.50. The number of ether oxygens (including phenoxy) is 3. The smallest absolute Gasteiger partial charge is 0.306 e. The summed E-state index contributed by atoms with van der Waals surface area (Å²) in [5, 5.41) is 0. The van der Waals surface area contributed by atoms with E-state index >= 15 is 0 Å². The molecule has 0 spiro atoms. The highest BCUT2D eigenvalue weighted by Crippen LogP contribution is 2.15. The predicted octanol–water partition coefficient (Wildman–Crippen LogP) is 21.4. The van der Waals surface area contributed by atoms with Gasteiger partial charge >= 0.3 is 11.9 Å². The van der Waals surface area contributed by atoms with Crippen LogP contribution in [0.3, 0.4) is 0 Å². The molecule has 0 bridgehead atoms. The van der Waals surface area contributed by atoms with Crippen molar-refractivity contribution in [1.82, 2.24) is 0 Å². The minimum atomic E-state index is -0.555. The minimum Gasteiger partial charge on any atom is -0.462 e. The molecule has 0 aromatic carbocycles. The lowest BCUT2D eigenvalue weighted by Crippen LogP contribution is -2.30. The Kier molecular flexibility index (Phi) is 59.4. The maximum atomic E-state index is 12.9. The highest BCUT2D eigenvalue weighted by Gasteiger charge is 2.17. The first kappa shape index (κ1) is 68.8. The van der Waals surface area contributed by atoms with Crippen LogP contribution in [0.1, 0.15) is 290 Å². The number of carbonyl (C=O) groups excluding carboxylic acids is 2. The molecular weight excluding hydrogens is 885 g/mol. The Morgan fingerprint density at radius 1 is 0.319 bits per heavy atom. The van der Waals surface area contributed by atoms with E-state index in [1.54, 1.807) is 0 Å². The van der Waals surface area contributed by atoms with Gasteiger partial charge in [-0.15, -0.1) is 0 Å². The standard InChI is InChI=1S/C67H116O5/c1-4-7-10-13-16-19-22-25-28-31-34-36-39-42-45-48-51-54-57-60-66(68)71-64-65(63-70-62-59-56-53-50-47-44-41-38-33-30-27-24-21-18-15-12-9-6-3)72-67(69)61-58-55-52-49-46-43-40-37-35-32-29-26-23-20-17-14-11-8-5-2/h9,12,16-21,25-30,34,36,65H,4-8,10-11,13-15,22-24,31-33,35,37-64H2,1-3H3/b12-9-,19-16-,20-17-,21-18-,28-25-,29-26-,30-27-,36-34-. The van der Waals surface area contributed by atoms with Crippen LogP contribution in [0.15, 0.2) is 97.2 Å². The van der Waals surface area contributed by atoms with Gasteiger partial charge in [-0.05, 0) is 122 Å². The summed E-state index contributed by atoms with van der Waals surface area (Å²) in [7, 11) is 0. The average Bonchev–Trinajstić information content (AvgIpc) is 3.38. The van der Waals surface area contributed by atoms with Crippen molar-refractivity contribution in [3.05, 3.63) is 97.2 Å². The Bertz CT molecular complexity index is 1360. The first-order chi connectivity index (χ1) is 35.6. The summed E-state index contributed by atoms with van der Waals surface area (Å²) in [6.45, 7) is 7.66. The van der Waals surface area contributed by atoms with Gasteiger partial charge in [0.1, 0.15) is 6.61 Å². The van der Waals surface area contributed by atoms with Gasteiger partial charge < -0.3 is 14.2 Å². The monoisotopic (exact) mass is 1000 g/mol. The Labute approximate surface area is 447 Å². The SMILES string of the molecule is CC/C=C\C/C=C\C/C=C\CCCCCCCCCCOCC(COC(=O)CCCCCCCC/C=C\C/C=C\C/C=C\CCCCC)OC(=O)CCCCCCCCCCC/C=C\C/C=C\CCCCC. The van der Waals surface area contributed by atoms with Gasteiger partial charge in [-0.1, -0.05) is 253 Å². The van der Waals surface area contributed by atoms with Crippen LogP contribution in [-0.2, 0) is 23.8 Å². The third-order valence-corrected chi connectivity index (χ3v) is 13.1. The zero-order chi connectivity index (χ0) is 52.0. The van der Waals surface area contributed by atoms with Crippen molar-refractivity contribution in [2.24, 2.45) is 0 Å². The molecule has 0 heterocycles. The van der Waals surface area contributed by atoms with Gasteiger partial charge in [0, 0.05) is 19.4 Å². The highest BCUT2D eigenvalue weighted by atomic mass is 16.6. The molecule has 0 saturated carbocycles. The fourth-order valence-electron chi connectivity index (χ4n) is 8.50. The molecular formula is C67H116O5. The van der Waals surface area contributed by atoms with Crippen LogP contribution < -0.4 is 0 Å². The molecule has 0 N–H and O–H groups in total. The lowest BCUT2D eigenvalue weighted by Gasteiger charge is -2.18. The molecule has 5 nitrogen and oxygen atoms in total. The first-order valence-electron chi connectivity index (χ1n) is 30.8. The molecule has 1 unspecified atom stereocenters. The number of hydrogen-bond acceptors (Lipinski definition) is 5. The molecule has 0 aromatic heterocycles. The van der Waals surface area contributed by atoms with Crippen LogP contribution in [0, 0.1) is 0 Å². The van der Waals surface area contributed by atoms with Gasteiger partial charge in [-0.2, -0.15) is 0 Å². The number of unbranched alkanes of at least 4 members (excludes halogenated alkanes) is 29. The van der Waals surface area contributed by atoms with E-state index in [9.17, 15) is 9.59 Å². The predicted molar refractivity (Wildman–Crippen MR) is 316 cm³/mol. The van der Waals surface area contributed by atoms with Gasteiger partial charge in [0.2, 0.25) is 0 Å². The maximum Gasteiger partial charge on any atom is 0.306 e. The maximum absolute atomic E-state index is 12.9. The summed E-state index contributed by atoms with van der Waals surface area (Å²) in [5.41, 5.74) is 0. The summed E-state index contributed by atoms with van der Waals surface area (Å²) in [4.78, 5) is 25.6. The van der Waals surface area contributed by atoms with Crippen LogP contribution in [0.25, 0.3) is 0 Å². The zero-order valence-electron chi connectivity index (χ0n) is 47.7. The molecule has 0 fully saturated rings. The molecule has 5 heteroatoms. The second-order valence-electron chi connectivity index (χ2n) is 20.2. The molecule has 0 saturated heterocycles. The highest BCUT2D eigenvalue weighted by molar-refractivity contribution is 5.70. The first-order valence-corrected chi connectivity index (χ1v) is 30.8.